The molecule has 3 N–H and O–H groups in total. The molecule has 236 valence electrons. The SMILES string of the molecule is C=CC(=O)OCCO.CC1(C)CC(N=C=O)CC(C)(CN=C=O)C1.O=C1OC(=O)C2CC=CCC12.OCCOCCO. The van der Waals surface area contributed by atoms with Crippen molar-refractivity contribution < 1.29 is 53.5 Å². The van der Waals surface area contributed by atoms with Crippen LogP contribution in [0.5, 0.6) is 0 Å². The molecule has 0 spiro atoms. The second kappa shape index (κ2) is 21.4. The molecule has 0 amide bonds. The molecule has 13 heteroatoms. The van der Waals surface area contributed by atoms with Gasteiger partial charge in [0, 0.05) is 6.08 Å². The van der Waals surface area contributed by atoms with E-state index in [4.69, 9.17) is 15.3 Å². The van der Waals surface area contributed by atoms with Crippen LogP contribution in [0.2, 0.25) is 0 Å². The summed E-state index contributed by atoms with van der Waals surface area (Å²) in [6, 6.07) is 0.00750. The number of aliphatic imine (C=N–C) groups is 2. The van der Waals surface area contributed by atoms with E-state index >= 15 is 0 Å². The molecule has 3 aliphatic rings. The van der Waals surface area contributed by atoms with E-state index in [1.165, 1.54) is 0 Å². The highest BCUT2D eigenvalue weighted by Crippen LogP contribution is 2.47. The summed E-state index contributed by atoms with van der Waals surface area (Å²) >= 11 is 0. The lowest BCUT2D eigenvalue weighted by atomic mass is 9.63. The first-order valence-electron chi connectivity index (χ1n) is 13.6. The van der Waals surface area contributed by atoms with Crippen molar-refractivity contribution >= 4 is 30.1 Å². The zero-order valence-electron chi connectivity index (χ0n) is 24.7. The Hall–Kier alpha value is -3.31. The molecule has 2 fully saturated rings. The number of nitrogens with zero attached hydrogens (tertiary/aromatic N) is 2. The number of hydrogen-bond donors (Lipinski definition) is 3. The van der Waals surface area contributed by atoms with Crippen molar-refractivity contribution in [1.82, 2.24) is 0 Å². The predicted octanol–water partition coefficient (Wildman–Crippen LogP) is 1.59. The third kappa shape index (κ3) is 16.2. The molecule has 1 saturated heterocycles. The van der Waals surface area contributed by atoms with Crippen molar-refractivity contribution in [3.63, 3.8) is 0 Å². The molecule has 42 heavy (non-hydrogen) atoms. The Morgan fingerprint density at radius 3 is 2.00 bits per heavy atom. The molecule has 0 radical (unpaired) electrons. The molecule has 1 heterocycles. The molecule has 1 aliphatic heterocycles. The lowest BCUT2D eigenvalue weighted by Gasteiger charge is -2.44. The van der Waals surface area contributed by atoms with E-state index in [0.717, 1.165) is 25.3 Å². The van der Waals surface area contributed by atoms with Crippen LogP contribution in [0.3, 0.4) is 0 Å². The number of esters is 3. The Bertz CT molecular complexity index is 956. The molecular weight excluding hydrogens is 552 g/mol. The first-order chi connectivity index (χ1) is 19.9. The summed E-state index contributed by atoms with van der Waals surface area (Å²) in [7, 11) is 0. The number of carbonyl (C=O) groups is 3. The van der Waals surface area contributed by atoms with Gasteiger partial charge >= 0.3 is 17.9 Å². The lowest BCUT2D eigenvalue weighted by Crippen LogP contribution is -2.39. The number of rotatable bonds is 10. The van der Waals surface area contributed by atoms with Crippen LogP contribution in [-0.4, -0.2) is 97.6 Å². The van der Waals surface area contributed by atoms with E-state index < -0.39 is 5.97 Å². The van der Waals surface area contributed by atoms with Crippen molar-refractivity contribution in [2.24, 2.45) is 32.7 Å². The molecule has 2 aliphatic carbocycles. The van der Waals surface area contributed by atoms with Gasteiger partial charge in [0.05, 0.1) is 57.5 Å². The molecule has 1 saturated carbocycles. The maximum atomic E-state index is 10.9. The molecule has 0 bridgehead atoms. The van der Waals surface area contributed by atoms with Crippen molar-refractivity contribution in [1.29, 1.82) is 0 Å². The third-order valence-corrected chi connectivity index (χ3v) is 6.40. The fraction of sp³-hybridized carbons (Fsp3) is 0.690. The topological polar surface area (TPSA) is 198 Å². The quantitative estimate of drug-likeness (QED) is 0.0629. The van der Waals surface area contributed by atoms with Crippen molar-refractivity contribution in [2.45, 2.75) is 58.9 Å². The zero-order chi connectivity index (χ0) is 32.0. The Labute approximate surface area is 246 Å². The van der Waals surface area contributed by atoms with Gasteiger partial charge in [0.1, 0.15) is 6.61 Å². The predicted molar refractivity (Wildman–Crippen MR) is 150 cm³/mol. The van der Waals surface area contributed by atoms with E-state index in [2.05, 4.69) is 51.5 Å². The van der Waals surface area contributed by atoms with Crippen LogP contribution in [0.25, 0.3) is 0 Å². The van der Waals surface area contributed by atoms with Crippen molar-refractivity contribution in [2.75, 3.05) is 46.2 Å². The van der Waals surface area contributed by atoms with Crippen LogP contribution in [0.15, 0.2) is 34.8 Å². The van der Waals surface area contributed by atoms with E-state index in [0.29, 0.717) is 32.6 Å². The highest BCUT2D eigenvalue weighted by atomic mass is 16.6. The highest BCUT2D eigenvalue weighted by Gasteiger charge is 2.44. The van der Waals surface area contributed by atoms with Gasteiger partial charge in [0.25, 0.3) is 0 Å². The Balaban J connectivity index is 0.000000566. The number of isocyanates is 2. The van der Waals surface area contributed by atoms with E-state index in [-0.39, 0.29) is 67.1 Å². The van der Waals surface area contributed by atoms with E-state index in [1.807, 2.05) is 12.2 Å². The van der Waals surface area contributed by atoms with Crippen LogP contribution in [0, 0.1) is 22.7 Å². The van der Waals surface area contributed by atoms with Crippen molar-refractivity contribution in [3.05, 3.63) is 24.8 Å². The van der Waals surface area contributed by atoms with Crippen molar-refractivity contribution in [3.8, 4) is 0 Å². The number of hydrogen-bond acceptors (Lipinski definition) is 13. The lowest BCUT2D eigenvalue weighted by molar-refractivity contribution is -0.153. The van der Waals surface area contributed by atoms with Gasteiger partial charge in [-0.25, -0.2) is 24.4 Å². The van der Waals surface area contributed by atoms with E-state index in [9.17, 15) is 24.0 Å². The standard InChI is InChI=1S/C12H18N2O2.C8H8O3.C5H8O3.C4H10O3/c1-11(2)4-10(14-9-16)5-12(3,6-11)7-13-8-15;9-7-5-3-1-2-4-6(5)8(10)11-7;1-2-5(7)8-4-3-6;5-1-3-7-4-2-6/h10H,4-7H2,1-3H3;1-2,5-6H,3-4H2;2,6H,1,3-4H2;5-6H,1-4H2. The van der Waals surface area contributed by atoms with E-state index in [1.54, 1.807) is 12.2 Å². The summed E-state index contributed by atoms with van der Waals surface area (Å²) in [6.45, 7) is 10.6. The molecule has 3 rings (SSSR count). The summed E-state index contributed by atoms with van der Waals surface area (Å²) in [5, 5.41) is 24.3. The van der Waals surface area contributed by atoms with Crippen LogP contribution in [0.4, 0.5) is 0 Å². The number of aliphatic hydroxyl groups is 3. The first-order valence-corrected chi connectivity index (χ1v) is 13.6. The smallest absolute Gasteiger partial charge is 0.330 e. The summed E-state index contributed by atoms with van der Waals surface area (Å²) < 4.78 is 13.5. The fourth-order valence-corrected chi connectivity index (χ4v) is 5.11. The monoisotopic (exact) mass is 596 g/mol. The number of cyclic esters (lactones) is 2. The summed E-state index contributed by atoms with van der Waals surface area (Å²) in [4.78, 5) is 60.0. The van der Waals surface area contributed by atoms with Gasteiger partial charge in [-0.3, -0.25) is 9.59 Å². The minimum Gasteiger partial charge on any atom is -0.460 e. The Kier molecular flexibility index (Phi) is 19.7. The van der Waals surface area contributed by atoms with Crippen LogP contribution < -0.4 is 0 Å². The van der Waals surface area contributed by atoms with Crippen LogP contribution >= 0.6 is 0 Å². The maximum absolute atomic E-state index is 10.9. The average Bonchev–Trinajstić information content (AvgIpc) is 3.24. The normalized spacial score (nSPS) is 24.7. The second-order valence-electron chi connectivity index (χ2n) is 10.9. The number of ether oxygens (including phenoxy) is 3. The molecule has 13 nitrogen and oxygen atoms in total. The van der Waals surface area contributed by atoms with Gasteiger partial charge in [-0.1, -0.05) is 39.5 Å². The van der Waals surface area contributed by atoms with Gasteiger partial charge in [0.2, 0.25) is 12.2 Å². The second-order valence-corrected chi connectivity index (χ2v) is 10.9. The Morgan fingerprint density at radius 2 is 1.55 bits per heavy atom. The minimum absolute atomic E-state index is 0.00750. The Morgan fingerprint density at radius 1 is 1.00 bits per heavy atom. The number of fused-ring (bicyclic) bond motifs is 1. The molecule has 4 atom stereocenters. The average molecular weight is 597 g/mol. The fourth-order valence-electron chi connectivity index (χ4n) is 5.11. The highest BCUT2D eigenvalue weighted by molar-refractivity contribution is 5.96. The van der Waals surface area contributed by atoms with Gasteiger partial charge in [-0.15, -0.1) is 0 Å². The minimum atomic E-state index is -0.501. The first kappa shape index (κ1) is 38.7. The van der Waals surface area contributed by atoms with Gasteiger partial charge in [-0.05, 0) is 42.9 Å². The van der Waals surface area contributed by atoms with Crippen LogP contribution in [-0.2, 0) is 38.2 Å². The molecule has 4 unspecified atom stereocenters. The molecular formula is C29H44N2O11. The van der Waals surface area contributed by atoms with Gasteiger partial charge in [0.15, 0.2) is 0 Å². The largest absolute Gasteiger partial charge is 0.460 e. The molecule has 0 aromatic rings. The van der Waals surface area contributed by atoms with Gasteiger partial charge in [-0.2, -0.15) is 0 Å². The summed E-state index contributed by atoms with van der Waals surface area (Å²) in [5.41, 5.74) is 0.0561. The third-order valence-electron chi connectivity index (χ3n) is 6.40. The summed E-state index contributed by atoms with van der Waals surface area (Å²) in [5.74, 6) is -1.56. The zero-order valence-corrected chi connectivity index (χ0v) is 24.7. The molecule has 0 aromatic heterocycles. The summed E-state index contributed by atoms with van der Waals surface area (Å²) in [6.07, 6.45) is 12.1. The number of carbonyl (C=O) groups excluding carboxylic acids is 5. The number of aliphatic hydroxyl groups excluding tert-OH is 3. The van der Waals surface area contributed by atoms with Gasteiger partial charge < -0.3 is 29.5 Å². The molecule has 0 aromatic carbocycles. The van der Waals surface area contributed by atoms with Crippen LogP contribution in [0.1, 0.15) is 52.9 Å². The maximum Gasteiger partial charge on any atom is 0.330 e. The number of allylic oxidation sites excluding steroid dienone is 2.